The molecule has 11 nitrogen and oxygen atoms in total. The van der Waals surface area contributed by atoms with Gasteiger partial charge in [0.25, 0.3) is 0 Å². The van der Waals surface area contributed by atoms with Gasteiger partial charge < -0.3 is 26.4 Å². The molecule has 0 aromatic carbocycles. The average Bonchev–Trinajstić information content (AvgIpc) is 3.26. The average molecular weight is 502 g/mol. The Kier molecular flexibility index (Phi) is 7.86. The van der Waals surface area contributed by atoms with E-state index in [0.717, 1.165) is 36.9 Å². The first-order valence-corrected chi connectivity index (χ1v) is 12.3. The monoisotopic (exact) mass is 501 g/mol. The third-order valence-corrected chi connectivity index (χ3v) is 6.56. The molecule has 1 amide bonds. The van der Waals surface area contributed by atoms with E-state index in [0.29, 0.717) is 48.2 Å². The van der Waals surface area contributed by atoms with Crippen molar-refractivity contribution in [3.63, 3.8) is 0 Å². The van der Waals surface area contributed by atoms with Crippen LogP contribution in [0.1, 0.15) is 49.8 Å². The number of nitrogen functional groups attached to an aromatic ring is 1. The largest absolute Gasteiger partial charge is 0.495 e. The fourth-order valence-electron chi connectivity index (χ4n) is 4.49. The number of likely N-dealkylation sites (tertiary alicyclic amines) is 1. The molecular formula is C23H32ClN9O2. The molecule has 1 aliphatic rings. The first-order valence-electron chi connectivity index (χ1n) is 11.8. The third-order valence-electron chi connectivity index (χ3n) is 6.33. The number of hydrogen-bond acceptors (Lipinski definition) is 9. The van der Waals surface area contributed by atoms with Crippen molar-refractivity contribution >= 4 is 40.3 Å². The Labute approximate surface area is 209 Å². The summed E-state index contributed by atoms with van der Waals surface area (Å²) >= 11 is 5.70. The highest BCUT2D eigenvalue weighted by atomic mass is 35.5. The Bertz CT molecular complexity index is 1180. The van der Waals surface area contributed by atoms with Gasteiger partial charge in [-0.25, -0.2) is 4.98 Å². The first-order chi connectivity index (χ1) is 16.9. The van der Waals surface area contributed by atoms with Gasteiger partial charge in [0.15, 0.2) is 5.82 Å². The summed E-state index contributed by atoms with van der Waals surface area (Å²) in [5, 5.41) is 7.73. The number of alkyl halides is 1. The highest BCUT2D eigenvalue weighted by molar-refractivity contribution is 6.27. The van der Waals surface area contributed by atoms with Gasteiger partial charge in [0, 0.05) is 19.3 Å². The Morgan fingerprint density at radius 1 is 1.31 bits per heavy atom. The summed E-state index contributed by atoms with van der Waals surface area (Å²) in [6.45, 7) is 3.82. The van der Waals surface area contributed by atoms with Crippen LogP contribution in [0.25, 0.3) is 11.0 Å². The molecule has 0 spiro atoms. The molecule has 4 heterocycles. The van der Waals surface area contributed by atoms with Crippen LogP contribution in [0.2, 0.25) is 0 Å². The van der Waals surface area contributed by atoms with Crippen molar-refractivity contribution in [1.82, 2.24) is 29.6 Å². The van der Waals surface area contributed by atoms with Crippen molar-refractivity contribution < 1.29 is 9.53 Å². The maximum Gasteiger partial charge on any atom is 0.237 e. The van der Waals surface area contributed by atoms with E-state index in [1.165, 1.54) is 0 Å². The van der Waals surface area contributed by atoms with Gasteiger partial charge >= 0.3 is 0 Å². The van der Waals surface area contributed by atoms with Crippen molar-refractivity contribution in [3.8, 4) is 5.75 Å². The molecule has 1 aliphatic heterocycles. The summed E-state index contributed by atoms with van der Waals surface area (Å²) in [6.07, 6.45) is 6.73. The van der Waals surface area contributed by atoms with Crippen LogP contribution in [0.5, 0.6) is 5.75 Å². The molecule has 1 saturated heterocycles. The molecule has 0 radical (unpaired) electrons. The Hall–Kier alpha value is -3.18. The second-order valence-corrected chi connectivity index (χ2v) is 8.98. The number of fused-ring (bicyclic) bond motifs is 1. The lowest BCUT2D eigenvalue weighted by Gasteiger charge is -2.32. The predicted octanol–water partition coefficient (Wildman–Crippen LogP) is 2.30. The van der Waals surface area contributed by atoms with Gasteiger partial charge in [-0.15, -0.1) is 11.6 Å². The smallest absolute Gasteiger partial charge is 0.237 e. The second kappa shape index (κ2) is 11.0. The number of nitrogens with two attached hydrogens (primary N) is 2. The molecule has 12 heteroatoms. The van der Waals surface area contributed by atoms with E-state index >= 15 is 0 Å². The van der Waals surface area contributed by atoms with E-state index in [9.17, 15) is 4.79 Å². The van der Waals surface area contributed by atoms with Gasteiger partial charge in [0.1, 0.15) is 28.4 Å². The number of pyridine rings is 1. The van der Waals surface area contributed by atoms with Crippen LogP contribution in [0.15, 0.2) is 18.5 Å². The van der Waals surface area contributed by atoms with Crippen LogP contribution >= 0.6 is 11.6 Å². The fourth-order valence-corrected chi connectivity index (χ4v) is 4.66. The summed E-state index contributed by atoms with van der Waals surface area (Å²) in [5.74, 6) is 1.69. The Morgan fingerprint density at radius 3 is 2.77 bits per heavy atom. The number of rotatable bonds is 9. The SMILES string of the molecule is CCCC(N)Nc1nc(N)nc2cnn(Cc3ncc(C4CCN(C(=O)CCl)CC4)cc3OC)c12. The lowest BCUT2D eigenvalue weighted by Crippen LogP contribution is -2.38. The lowest BCUT2D eigenvalue weighted by atomic mass is 9.90. The van der Waals surface area contributed by atoms with Gasteiger partial charge in [0.2, 0.25) is 11.9 Å². The maximum atomic E-state index is 11.9. The Morgan fingerprint density at radius 2 is 2.09 bits per heavy atom. The molecule has 0 aliphatic carbocycles. The molecular weight excluding hydrogens is 470 g/mol. The fraction of sp³-hybridized carbons (Fsp3) is 0.522. The zero-order valence-electron chi connectivity index (χ0n) is 20.1. The minimum atomic E-state index is -0.265. The van der Waals surface area contributed by atoms with Crippen molar-refractivity contribution in [3.05, 3.63) is 29.7 Å². The van der Waals surface area contributed by atoms with Crippen molar-refractivity contribution in [2.75, 3.05) is 37.1 Å². The summed E-state index contributed by atoms with van der Waals surface area (Å²) in [6, 6.07) is 2.03. The molecule has 35 heavy (non-hydrogen) atoms. The number of hydrogen-bond donors (Lipinski definition) is 3. The number of anilines is 2. The third kappa shape index (κ3) is 5.57. The molecule has 3 aromatic rings. The number of halogens is 1. The standard InChI is InChI=1S/C23H32ClN9O2/c1-3-4-19(25)30-22-21-16(29-23(26)31-22)12-28-33(21)13-17-18(35-2)9-15(11-27-17)14-5-7-32(8-6-14)20(34)10-24/h9,11-12,14,19H,3-8,10,13,25H2,1-2H3,(H3,26,29,30,31). The van der Waals surface area contributed by atoms with Gasteiger partial charge in [-0.1, -0.05) is 13.3 Å². The first kappa shape index (κ1) is 24.9. The van der Waals surface area contributed by atoms with Crippen molar-refractivity contribution in [2.24, 2.45) is 5.73 Å². The molecule has 1 unspecified atom stereocenters. The van der Waals surface area contributed by atoms with E-state index in [1.54, 1.807) is 18.0 Å². The predicted molar refractivity (Wildman–Crippen MR) is 135 cm³/mol. The number of carbonyl (C=O) groups excluding carboxylic acids is 1. The molecule has 0 saturated carbocycles. The minimum absolute atomic E-state index is 0.0159. The number of carbonyl (C=O) groups is 1. The minimum Gasteiger partial charge on any atom is -0.495 e. The van der Waals surface area contributed by atoms with Crippen molar-refractivity contribution in [2.45, 2.75) is 51.2 Å². The molecule has 3 aromatic heterocycles. The number of nitrogens with zero attached hydrogens (tertiary/aromatic N) is 6. The van der Waals surface area contributed by atoms with Gasteiger partial charge in [-0.3, -0.25) is 14.5 Å². The highest BCUT2D eigenvalue weighted by Gasteiger charge is 2.25. The number of aromatic nitrogens is 5. The van der Waals surface area contributed by atoms with Crippen LogP contribution in [0.4, 0.5) is 11.8 Å². The van der Waals surface area contributed by atoms with Crippen LogP contribution in [-0.2, 0) is 11.3 Å². The normalized spacial score (nSPS) is 15.4. The van der Waals surface area contributed by atoms with Gasteiger partial charge in [-0.05, 0) is 36.8 Å². The highest BCUT2D eigenvalue weighted by Crippen LogP contribution is 2.32. The summed E-state index contributed by atoms with van der Waals surface area (Å²) in [4.78, 5) is 27.1. The van der Waals surface area contributed by atoms with Crippen LogP contribution < -0.4 is 21.5 Å². The van der Waals surface area contributed by atoms with Gasteiger partial charge in [0.05, 0.1) is 26.0 Å². The molecule has 1 atom stereocenters. The van der Waals surface area contributed by atoms with E-state index in [2.05, 4.69) is 27.3 Å². The molecule has 4 rings (SSSR count). The zero-order chi connectivity index (χ0) is 24.9. The van der Waals surface area contributed by atoms with Crippen LogP contribution in [-0.4, -0.2) is 67.8 Å². The number of piperidine rings is 1. The molecule has 0 bridgehead atoms. The van der Waals surface area contributed by atoms with Crippen LogP contribution in [0, 0.1) is 0 Å². The number of nitrogens with one attached hydrogen (secondary N) is 1. The second-order valence-electron chi connectivity index (χ2n) is 8.71. The van der Waals surface area contributed by atoms with E-state index in [4.69, 9.17) is 32.8 Å². The van der Waals surface area contributed by atoms with E-state index in [-0.39, 0.29) is 23.9 Å². The van der Waals surface area contributed by atoms with Gasteiger partial charge in [-0.2, -0.15) is 10.1 Å². The molecule has 1 fully saturated rings. The van der Waals surface area contributed by atoms with E-state index in [1.807, 2.05) is 17.2 Å². The van der Waals surface area contributed by atoms with Crippen molar-refractivity contribution in [1.29, 1.82) is 0 Å². The number of ether oxygens (including phenoxy) is 1. The summed E-state index contributed by atoms with van der Waals surface area (Å²) in [7, 11) is 1.63. The zero-order valence-corrected chi connectivity index (χ0v) is 20.8. The van der Waals surface area contributed by atoms with Crippen LogP contribution in [0.3, 0.4) is 0 Å². The maximum absolute atomic E-state index is 11.9. The number of methoxy groups -OCH3 is 1. The topological polar surface area (TPSA) is 150 Å². The molecule has 5 N–H and O–H groups in total. The summed E-state index contributed by atoms with van der Waals surface area (Å²) < 4.78 is 7.46. The molecule has 188 valence electrons. The summed E-state index contributed by atoms with van der Waals surface area (Å²) in [5.41, 5.74) is 15.2. The number of amides is 1. The quantitative estimate of drug-likeness (QED) is 0.296. The Balaban J connectivity index is 1.56. The van der Waals surface area contributed by atoms with E-state index < -0.39 is 0 Å². The lowest BCUT2D eigenvalue weighted by molar-refractivity contribution is -0.129.